The number of carbonyl (C=O) groups is 1. The number of nitrogens with zero attached hydrogens (tertiary/aromatic N) is 1. The summed E-state index contributed by atoms with van der Waals surface area (Å²) in [4.78, 5) is 11.9. The Balaban J connectivity index is 0.000000671. The van der Waals surface area contributed by atoms with E-state index in [0.29, 0.717) is 44.6 Å². The third kappa shape index (κ3) is 13.3. The smallest absolute Gasteiger partial charge is 0.407 e. The molecular weight excluding hydrogens is 570 g/mol. The summed E-state index contributed by atoms with van der Waals surface area (Å²) >= 11 is 23.8. The molecule has 1 amide bonds. The first kappa shape index (κ1) is 34.7. The lowest BCUT2D eigenvalue weighted by Crippen LogP contribution is -2.29. The zero-order valence-corrected chi connectivity index (χ0v) is 24.7. The Hall–Kier alpha value is -1.28. The summed E-state index contributed by atoms with van der Waals surface area (Å²) in [5.74, 6) is 1.19. The van der Waals surface area contributed by atoms with Gasteiger partial charge in [-0.15, -0.1) is 12.4 Å². The fourth-order valence-electron chi connectivity index (χ4n) is 2.93. The molecular formula is C25H35Cl5N2O4. The molecule has 0 saturated carbocycles. The van der Waals surface area contributed by atoms with E-state index in [9.17, 15) is 4.79 Å². The van der Waals surface area contributed by atoms with Crippen molar-refractivity contribution < 1.29 is 19.4 Å². The monoisotopic (exact) mass is 602 g/mol. The first-order valence-corrected chi connectivity index (χ1v) is 12.9. The molecule has 0 aromatic heterocycles. The molecule has 204 valence electrons. The first-order valence-electron chi connectivity index (χ1n) is 11.4. The van der Waals surface area contributed by atoms with Crippen LogP contribution < -0.4 is 14.8 Å². The molecule has 0 radical (unpaired) electrons. The number of nitrogens with one attached hydrogen (secondary N) is 1. The maximum absolute atomic E-state index is 10.7. The third-order valence-electron chi connectivity index (χ3n) is 5.11. The van der Waals surface area contributed by atoms with Gasteiger partial charge in [0.1, 0.15) is 17.6 Å². The molecule has 36 heavy (non-hydrogen) atoms. The van der Waals surface area contributed by atoms with E-state index in [0.717, 1.165) is 25.8 Å². The summed E-state index contributed by atoms with van der Waals surface area (Å²) in [7, 11) is 3.46. The number of hydrogen-bond donors (Lipinski definition) is 2. The largest absolute Gasteiger partial charge is 0.489 e. The zero-order valence-electron chi connectivity index (χ0n) is 20.9. The Morgan fingerprint density at radius 1 is 0.917 bits per heavy atom. The minimum atomic E-state index is -0.948. The summed E-state index contributed by atoms with van der Waals surface area (Å²) in [6.45, 7) is 5.41. The molecule has 0 aliphatic heterocycles. The van der Waals surface area contributed by atoms with E-state index in [1.165, 1.54) is 11.9 Å². The Morgan fingerprint density at radius 2 is 1.36 bits per heavy atom. The molecule has 0 spiro atoms. The van der Waals surface area contributed by atoms with Crippen molar-refractivity contribution in [2.45, 2.75) is 51.7 Å². The predicted molar refractivity (Wildman–Crippen MR) is 153 cm³/mol. The second-order valence-electron chi connectivity index (χ2n) is 7.83. The lowest BCUT2D eigenvalue weighted by molar-refractivity contribution is 0.138. The van der Waals surface area contributed by atoms with Gasteiger partial charge in [0.05, 0.1) is 16.1 Å². The Labute approximate surface area is 240 Å². The molecule has 2 unspecified atom stereocenters. The van der Waals surface area contributed by atoms with E-state index < -0.39 is 6.09 Å². The predicted octanol–water partition coefficient (Wildman–Crippen LogP) is 8.33. The van der Waals surface area contributed by atoms with Crippen molar-refractivity contribution >= 4 is 64.9 Å². The number of hydrogen-bond acceptors (Lipinski definition) is 4. The third-order valence-corrected chi connectivity index (χ3v) is 6.21. The molecule has 0 saturated heterocycles. The van der Waals surface area contributed by atoms with Crippen molar-refractivity contribution in [2.24, 2.45) is 0 Å². The van der Waals surface area contributed by atoms with Crippen LogP contribution in [0.3, 0.4) is 0 Å². The van der Waals surface area contributed by atoms with Gasteiger partial charge >= 0.3 is 6.09 Å². The Bertz CT molecular complexity index is 920. The van der Waals surface area contributed by atoms with Gasteiger partial charge in [-0.25, -0.2) is 4.79 Å². The molecule has 0 aliphatic rings. The van der Waals surface area contributed by atoms with Crippen molar-refractivity contribution in [3.63, 3.8) is 0 Å². The van der Waals surface area contributed by atoms with Crippen LogP contribution in [0.25, 0.3) is 0 Å². The number of carboxylic acid groups (broad SMARTS) is 1. The van der Waals surface area contributed by atoms with Crippen LogP contribution in [0.15, 0.2) is 36.4 Å². The van der Waals surface area contributed by atoms with Crippen molar-refractivity contribution in [1.82, 2.24) is 10.2 Å². The number of rotatable bonds is 12. The SMILES string of the molecule is CCC(CCN(C)C(=O)O)Oc1cc(Cl)ccc1Cl.CCC(CCNC)Oc1cc(Cl)ccc1Cl.Cl. The second kappa shape index (κ2) is 18.9. The van der Waals surface area contributed by atoms with Gasteiger partial charge in [0.25, 0.3) is 0 Å². The van der Waals surface area contributed by atoms with Gasteiger partial charge in [-0.05, 0) is 57.1 Å². The lowest BCUT2D eigenvalue weighted by atomic mass is 10.2. The Morgan fingerprint density at radius 3 is 1.75 bits per heavy atom. The van der Waals surface area contributed by atoms with Gasteiger partial charge in [0, 0.05) is 42.2 Å². The molecule has 2 atom stereocenters. The van der Waals surface area contributed by atoms with Crippen LogP contribution in [0.2, 0.25) is 20.1 Å². The van der Waals surface area contributed by atoms with Crippen LogP contribution in [0.5, 0.6) is 11.5 Å². The maximum atomic E-state index is 10.7. The van der Waals surface area contributed by atoms with Crippen molar-refractivity contribution in [2.75, 3.05) is 27.2 Å². The topological polar surface area (TPSA) is 71.0 Å². The standard InChI is InChI=1S/C13H17Cl2NO3.C12H17Cl2NO.ClH/c1-3-10(6-7-16(2)13(17)18)19-12-8-9(14)4-5-11(12)15;1-3-10(6-7-15-2)16-12-8-9(13)4-5-11(12)14;/h4-5,8,10H,3,6-7H2,1-2H3,(H,17,18);4-5,8,10,15H,3,6-7H2,1-2H3;1H. The van der Waals surface area contributed by atoms with Gasteiger partial charge in [0.2, 0.25) is 0 Å². The molecule has 2 aromatic rings. The molecule has 2 N–H and O–H groups in total. The van der Waals surface area contributed by atoms with Gasteiger partial charge in [-0.1, -0.05) is 60.3 Å². The van der Waals surface area contributed by atoms with E-state index in [1.807, 2.05) is 14.0 Å². The van der Waals surface area contributed by atoms with Gasteiger partial charge in [0.15, 0.2) is 0 Å². The molecule has 2 rings (SSSR count). The van der Waals surface area contributed by atoms with Gasteiger partial charge < -0.3 is 24.8 Å². The van der Waals surface area contributed by atoms with Crippen molar-refractivity contribution in [3.8, 4) is 11.5 Å². The summed E-state index contributed by atoms with van der Waals surface area (Å²) in [6.07, 6.45) is 2.38. The highest BCUT2D eigenvalue weighted by Crippen LogP contribution is 2.30. The molecule has 11 heteroatoms. The van der Waals surface area contributed by atoms with Crippen LogP contribution in [0.1, 0.15) is 39.5 Å². The van der Waals surface area contributed by atoms with Crippen LogP contribution in [-0.2, 0) is 0 Å². The number of halogens is 5. The van der Waals surface area contributed by atoms with Crippen molar-refractivity contribution in [3.05, 3.63) is 56.5 Å². The highest BCUT2D eigenvalue weighted by molar-refractivity contribution is 6.34. The fraction of sp³-hybridized carbons (Fsp3) is 0.480. The van der Waals surface area contributed by atoms with E-state index in [1.54, 1.807) is 36.4 Å². The number of benzene rings is 2. The number of amides is 1. The minimum Gasteiger partial charge on any atom is -0.489 e. The van der Waals surface area contributed by atoms with E-state index in [2.05, 4.69) is 12.2 Å². The summed E-state index contributed by atoms with van der Waals surface area (Å²) in [5, 5.41) is 14.2. The molecule has 2 aromatic carbocycles. The minimum absolute atomic E-state index is 0. The van der Waals surface area contributed by atoms with Crippen LogP contribution in [-0.4, -0.2) is 55.5 Å². The maximum Gasteiger partial charge on any atom is 0.407 e. The molecule has 0 fully saturated rings. The van der Waals surface area contributed by atoms with E-state index >= 15 is 0 Å². The Kier molecular flexibility index (Phi) is 18.2. The van der Waals surface area contributed by atoms with Gasteiger partial charge in [-0.2, -0.15) is 0 Å². The second-order valence-corrected chi connectivity index (χ2v) is 9.52. The molecule has 0 aliphatic carbocycles. The summed E-state index contributed by atoms with van der Waals surface area (Å²) in [6, 6.07) is 10.3. The normalized spacial score (nSPS) is 11.9. The quantitative estimate of drug-likeness (QED) is 0.255. The first-order chi connectivity index (χ1) is 16.6. The molecule has 0 bridgehead atoms. The summed E-state index contributed by atoms with van der Waals surface area (Å²) < 4.78 is 11.6. The zero-order chi connectivity index (χ0) is 26.4. The summed E-state index contributed by atoms with van der Waals surface area (Å²) in [5.41, 5.74) is 0. The average Bonchev–Trinajstić information content (AvgIpc) is 2.83. The van der Waals surface area contributed by atoms with E-state index in [-0.39, 0.29) is 24.6 Å². The van der Waals surface area contributed by atoms with E-state index in [4.69, 9.17) is 61.0 Å². The number of ether oxygens (including phenoxy) is 2. The fourth-order valence-corrected chi connectivity index (χ4v) is 3.57. The highest BCUT2D eigenvalue weighted by atomic mass is 35.5. The van der Waals surface area contributed by atoms with Crippen molar-refractivity contribution in [1.29, 1.82) is 0 Å². The van der Waals surface area contributed by atoms with Crippen LogP contribution >= 0.6 is 58.8 Å². The molecule has 6 nitrogen and oxygen atoms in total. The van der Waals surface area contributed by atoms with Crippen LogP contribution in [0.4, 0.5) is 4.79 Å². The van der Waals surface area contributed by atoms with Gasteiger partial charge in [-0.3, -0.25) is 0 Å². The highest BCUT2D eigenvalue weighted by Gasteiger charge is 2.14. The average molecular weight is 605 g/mol. The molecule has 0 heterocycles. The van der Waals surface area contributed by atoms with Crippen LogP contribution in [0, 0.1) is 0 Å². The lowest BCUT2D eigenvalue weighted by Gasteiger charge is -2.21.